The van der Waals surface area contributed by atoms with E-state index in [1.165, 1.54) is 6.92 Å². The number of ether oxygens (including phenoxy) is 2. The number of rotatable bonds is 5. The van der Waals surface area contributed by atoms with Crippen LogP contribution in [0.5, 0.6) is 11.5 Å². The quantitative estimate of drug-likeness (QED) is 0.865. The molecule has 0 saturated heterocycles. The van der Waals surface area contributed by atoms with Crippen molar-refractivity contribution in [2.75, 3.05) is 23.6 Å². The monoisotopic (exact) mass is 374 g/mol. The van der Waals surface area contributed by atoms with Crippen LogP contribution in [0.1, 0.15) is 18.9 Å². The van der Waals surface area contributed by atoms with E-state index in [4.69, 9.17) is 21.1 Å². The molecule has 0 spiro atoms. The molecular formula is C19H19ClN2O4. The van der Waals surface area contributed by atoms with Crippen LogP contribution in [-0.4, -0.2) is 25.2 Å². The van der Waals surface area contributed by atoms with Crippen molar-refractivity contribution in [2.24, 2.45) is 0 Å². The second kappa shape index (κ2) is 7.66. The standard InChI is InChI=1S/C19H19ClN2O4/c1-12-3-4-14(20)9-16(12)22(13(2)23)8-7-19(24)21-15-5-6-17-18(10-15)26-11-25-17/h3-6,9-10H,7-8,11H2,1-2H3,(H,21,24). The molecule has 1 aliphatic rings. The van der Waals surface area contributed by atoms with Gasteiger partial charge in [-0.3, -0.25) is 9.59 Å². The van der Waals surface area contributed by atoms with E-state index in [2.05, 4.69) is 5.32 Å². The topological polar surface area (TPSA) is 67.9 Å². The van der Waals surface area contributed by atoms with Crippen LogP contribution in [0, 0.1) is 6.92 Å². The fourth-order valence-electron chi connectivity index (χ4n) is 2.73. The summed E-state index contributed by atoms with van der Waals surface area (Å²) in [6.07, 6.45) is 0.153. The third kappa shape index (κ3) is 4.08. The van der Waals surface area contributed by atoms with Gasteiger partial charge in [0, 0.05) is 42.4 Å². The van der Waals surface area contributed by atoms with E-state index in [0.717, 1.165) is 5.56 Å². The van der Waals surface area contributed by atoms with Gasteiger partial charge in [0.2, 0.25) is 18.6 Å². The van der Waals surface area contributed by atoms with E-state index < -0.39 is 0 Å². The summed E-state index contributed by atoms with van der Waals surface area (Å²) in [5.41, 5.74) is 2.24. The predicted octanol–water partition coefficient (Wildman–Crippen LogP) is 3.76. The van der Waals surface area contributed by atoms with Gasteiger partial charge in [0.15, 0.2) is 11.5 Å². The molecule has 6 nitrogen and oxygen atoms in total. The summed E-state index contributed by atoms with van der Waals surface area (Å²) in [5, 5.41) is 3.35. The molecular weight excluding hydrogens is 356 g/mol. The molecule has 1 aliphatic heterocycles. The van der Waals surface area contributed by atoms with Crippen LogP contribution in [-0.2, 0) is 9.59 Å². The Morgan fingerprint density at radius 2 is 1.92 bits per heavy atom. The molecule has 3 rings (SSSR count). The lowest BCUT2D eigenvalue weighted by Crippen LogP contribution is -2.32. The Hall–Kier alpha value is -2.73. The van der Waals surface area contributed by atoms with Gasteiger partial charge in [-0.25, -0.2) is 0 Å². The van der Waals surface area contributed by atoms with Gasteiger partial charge < -0.3 is 19.7 Å². The van der Waals surface area contributed by atoms with Gasteiger partial charge in [0.25, 0.3) is 0 Å². The molecule has 0 bridgehead atoms. The minimum absolute atomic E-state index is 0.147. The number of nitrogens with zero attached hydrogens (tertiary/aromatic N) is 1. The van der Waals surface area contributed by atoms with Crippen molar-refractivity contribution in [2.45, 2.75) is 20.3 Å². The van der Waals surface area contributed by atoms with Crippen molar-refractivity contribution < 1.29 is 19.1 Å². The van der Waals surface area contributed by atoms with Crippen LogP contribution < -0.4 is 19.7 Å². The Balaban J connectivity index is 1.65. The molecule has 0 fully saturated rings. The fraction of sp³-hybridized carbons (Fsp3) is 0.263. The van der Waals surface area contributed by atoms with Gasteiger partial charge in [-0.05, 0) is 36.8 Å². The van der Waals surface area contributed by atoms with E-state index in [-0.39, 0.29) is 31.6 Å². The third-order valence-corrected chi connectivity index (χ3v) is 4.30. The number of hydrogen-bond donors (Lipinski definition) is 1. The molecule has 0 aromatic heterocycles. The summed E-state index contributed by atoms with van der Waals surface area (Å²) in [5.74, 6) is 0.908. The van der Waals surface area contributed by atoms with Crippen molar-refractivity contribution in [3.05, 3.63) is 47.0 Å². The highest BCUT2D eigenvalue weighted by Crippen LogP contribution is 2.34. The first-order valence-electron chi connectivity index (χ1n) is 8.18. The molecule has 0 radical (unpaired) electrons. The number of anilines is 2. The van der Waals surface area contributed by atoms with E-state index in [9.17, 15) is 9.59 Å². The van der Waals surface area contributed by atoms with E-state index >= 15 is 0 Å². The molecule has 136 valence electrons. The van der Waals surface area contributed by atoms with Crippen molar-refractivity contribution in [1.82, 2.24) is 0 Å². The lowest BCUT2D eigenvalue weighted by molar-refractivity contribution is -0.117. The van der Waals surface area contributed by atoms with E-state index in [1.54, 1.807) is 35.2 Å². The Labute approximate surface area is 156 Å². The number of halogens is 1. The molecule has 2 aromatic carbocycles. The van der Waals surface area contributed by atoms with Crippen molar-refractivity contribution in [3.63, 3.8) is 0 Å². The average molecular weight is 375 g/mol. The molecule has 0 unspecified atom stereocenters. The minimum atomic E-state index is -0.199. The molecule has 1 heterocycles. The second-order valence-corrected chi connectivity index (χ2v) is 6.40. The Kier molecular flexibility index (Phi) is 5.32. The van der Waals surface area contributed by atoms with Crippen molar-refractivity contribution in [1.29, 1.82) is 0 Å². The van der Waals surface area contributed by atoms with Crippen molar-refractivity contribution >= 4 is 34.8 Å². The maximum absolute atomic E-state index is 12.3. The number of amides is 2. The summed E-state index contributed by atoms with van der Waals surface area (Å²) in [4.78, 5) is 25.9. The fourth-order valence-corrected chi connectivity index (χ4v) is 2.90. The van der Waals surface area contributed by atoms with Crippen LogP contribution in [0.4, 0.5) is 11.4 Å². The Morgan fingerprint density at radius 3 is 2.69 bits per heavy atom. The molecule has 26 heavy (non-hydrogen) atoms. The first-order valence-corrected chi connectivity index (χ1v) is 8.55. The highest BCUT2D eigenvalue weighted by atomic mass is 35.5. The van der Waals surface area contributed by atoms with Crippen LogP contribution in [0.15, 0.2) is 36.4 Å². The average Bonchev–Trinajstić information content (AvgIpc) is 3.05. The zero-order valence-corrected chi connectivity index (χ0v) is 15.3. The largest absolute Gasteiger partial charge is 0.454 e. The minimum Gasteiger partial charge on any atom is -0.454 e. The first-order chi connectivity index (χ1) is 12.4. The Bertz CT molecular complexity index is 853. The molecule has 1 N–H and O–H groups in total. The lowest BCUT2D eigenvalue weighted by Gasteiger charge is -2.23. The number of nitrogens with one attached hydrogen (secondary N) is 1. The second-order valence-electron chi connectivity index (χ2n) is 5.97. The summed E-state index contributed by atoms with van der Waals surface area (Å²) in [7, 11) is 0. The number of carbonyl (C=O) groups is 2. The summed E-state index contributed by atoms with van der Waals surface area (Å²) in [6.45, 7) is 3.80. The van der Waals surface area contributed by atoms with Gasteiger partial charge in [-0.2, -0.15) is 0 Å². The normalized spacial score (nSPS) is 12.0. The maximum atomic E-state index is 12.3. The molecule has 0 atom stereocenters. The van der Waals surface area contributed by atoms with Crippen LogP contribution in [0.25, 0.3) is 0 Å². The number of benzene rings is 2. The van der Waals surface area contributed by atoms with Gasteiger partial charge in [-0.1, -0.05) is 17.7 Å². The van der Waals surface area contributed by atoms with Gasteiger partial charge in [0.1, 0.15) is 0 Å². The first kappa shape index (κ1) is 18.1. The number of carbonyl (C=O) groups excluding carboxylic acids is 2. The zero-order chi connectivity index (χ0) is 18.7. The van der Waals surface area contributed by atoms with Gasteiger partial charge in [-0.15, -0.1) is 0 Å². The highest BCUT2D eigenvalue weighted by molar-refractivity contribution is 6.31. The zero-order valence-electron chi connectivity index (χ0n) is 14.5. The van der Waals surface area contributed by atoms with E-state index in [1.807, 2.05) is 13.0 Å². The van der Waals surface area contributed by atoms with Crippen LogP contribution in [0.3, 0.4) is 0 Å². The van der Waals surface area contributed by atoms with Crippen LogP contribution in [0.2, 0.25) is 5.02 Å². The SMILES string of the molecule is CC(=O)N(CCC(=O)Nc1ccc2c(c1)OCO2)c1cc(Cl)ccc1C. The molecule has 0 aliphatic carbocycles. The predicted molar refractivity (Wildman–Crippen MR) is 100 cm³/mol. The summed E-state index contributed by atoms with van der Waals surface area (Å²) in [6, 6.07) is 10.5. The number of hydrogen-bond acceptors (Lipinski definition) is 4. The molecule has 2 amide bonds. The summed E-state index contributed by atoms with van der Waals surface area (Å²) >= 11 is 6.04. The van der Waals surface area contributed by atoms with E-state index in [0.29, 0.717) is 27.9 Å². The van der Waals surface area contributed by atoms with Crippen molar-refractivity contribution in [3.8, 4) is 11.5 Å². The maximum Gasteiger partial charge on any atom is 0.231 e. The third-order valence-electron chi connectivity index (χ3n) is 4.06. The van der Waals surface area contributed by atoms with Crippen LogP contribution >= 0.6 is 11.6 Å². The van der Waals surface area contributed by atoms with Gasteiger partial charge in [0.05, 0.1) is 0 Å². The number of aryl methyl sites for hydroxylation is 1. The smallest absolute Gasteiger partial charge is 0.231 e. The highest BCUT2D eigenvalue weighted by Gasteiger charge is 2.17. The molecule has 7 heteroatoms. The summed E-state index contributed by atoms with van der Waals surface area (Å²) < 4.78 is 10.5. The Morgan fingerprint density at radius 1 is 1.15 bits per heavy atom. The number of fused-ring (bicyclic) bond motifs is 1. The molecule has 0 saturated carbocycles. The lowest BCUT2D eigenvalue weighted by atomic mass is 10.1. The molecule has 2 aromatic rings. The van der Waals surface area contributed by atoms with Gasteiger partial charge >= 0.3 is 0 Å².